The van der Waals surface area contributed by atoms with Crippen molar-refractivity contribution < 1.29 is 22.7 Å². The number of ether oxygens (including phenoxy) is 2. The topological polar surface area (TPSA) is 84.9 Å². The zero-order valence-electron chi connectivity index (χ0n) is 18.4. The monoisotopic (exact) mass is 446 g/mol. The van der Waals surface area contributed by atoms with Gasteiger partial charge in [0.25, 0.3) is 5.91 Å². The number of methoxy groups -OCH3 is 1. The second-order valence-electron chi connectivity index (χ2n) is 7.94. The first-order chi connectivity index (χ1) is 14.7. The lowest BCUT2D eigenvalue weighted by atomic mass is 10.1. The molecule has 168 valence electrons. The lowest BCUT2D eigenvalue weighted by molar-refractivity contribution is 0.0939. The highest BCUT2D eigenvalue weighted by Crippen LogP contribution is 2.32. The molecule has 0 saturated heterocycles. The van der Waals surface area contributed by atoms with E-state index in [2.05, 4.69) is 5.32 Å². The SMILES string of the molecule is COc1cc(C(=O)NC(C)c2ccc(S(=O)(=O)N(C)C)cc2)ccc1OC1CCCC1. The van der Waals surface area contributed by atoms with E-state index in [1.54, 1.807) is 49.6 Å². The van der Waals surface area contributed by atoms with E-state index < -0.39 is 10.0 Å². The van der Waals surface area contributed by atoms with Crippen molar-refractivity contribution in [2.45, 2.75) is 49.6 Å². The molecule has 1 aliphatic rings. The molecule has 2 aromatic carbocycles. The van der Waals surface area contributed by atoms with Crippen molar-refractivity contribution in [3.05, 3.63) is 53.6 Å². The molecule has 2 aromatic rings. The number of carbonyl (C=O) groups excluding carboxylic acids is 1. The van der Waals surface area contributed by atoms with Crippen molar-refractivity contribution in [2.75, 3.05) is 21.2 Å². The molecule has 1 atom stereocenters. The van der Waals surface area contributed by atoms with Crippen LogP contribution in [0.1, 0.15) is 54.6 Å². The molecule has 0 aromatic heterocycles. The maximum absolute atomic E-state index is 12.8. The van der Waals surface area contributed by atoms with Gasteiger partial charge >= 0.3 is 0 Å². The van der Waals surface area contributed by atoms with E-state index in [1.807, 2.05) is 6.92 Å². The summed E-state index contributed by atoms with van der Waals surface area (Å²) in [5.41, 5.74) is 1.27. The molecular weight excluding hydrogens is 416 g/mol. The van der Waals surface area contributed by atoms with Crippen LogP contribution in [0.5, 0.6) is 11.5 Å². The van der Waals surface area contributed by atoms with Crippen LogP contribution < -0.4 is 14.8 Å². The van der Waals surface area contributed by atoms with Gasteiger partial charge < -0.3 is 14.8 Å². The van der Waals surface area contributed by atoms with E-state index in [0.29, 0.717) is 17.1 Å². The average Bonchev–Trinajstić information content (AvgIpc) is 3.27. The van der Waals surface area contributed by atoms with E-state index in [0.717, 1.165) is 18.4 Å². The Morgan fingerprint density at radius 1 is 1.06 bits per heavy atom. The van der Waals surface area contributed by atoms with Crippen LogP contribution in [0.15, 0.2) is 47.4 Å². The summed E-state index contributed by atoms with van der Waals surface area (Å²) >= 11 is 0. The fourth-order valence-electron chi connectivity index (χ4n) is 3.59. The highest BCUT2D eigenvalue weighted by molar-refractivity contribution is 7.89. The molecule has 0 heterocycles. The third kappa shape index (κ3) is 5.37. The minimum absolute atomic E-state index is 0.202. The van der Waals surface area contributed by atoms with E-state index in [1.165, 1.54) is 31.2 Å². The van der Waals surface area contributed by atoms with Crippen LogP contribution in [0.4, 0.5) is 0 Å². The first-order valence-corrected chi connectivity index (χ1v) is 11.8. The van der Waals surface area contributed by atoms with Crippen LogP contribution in [0.25, 0.3) is 0 Å². The minimum atomic E-state index is -3.49. The van der Waals surface area contributed by atoms with Gasteiger partial charge in [-0.25, -0.2) is 12.7 Å². The quantitative estimate of drug-likeness (QED) is 0.667. The Kier molecular flexibility index (Phi) is 7.23. The molecule has 3 rings (SSSR count). The zero-order chi connectivity index (χ0) is 22.6. The maximum atomic E-state index is 12.8. The number of nitrogens with zero attached hydrogens (tertiary/aromatic N) is 1. The summed E-state index contributed by atoms with van der Waals surface area (Å²) in [7, 11) is 1.06. The number of sulfonamides is 1. The van der Waals surface area contributed by atoms with Gasteiger partial charge in [0.2, 0.25) is 10.0 Å². The van der Waals surface area contributed by atoms with Crippen LogP contribution >= 0.6 is 0 Å². The zero-order valence-corrected chi connectivity index (χ0v) is 19.2. The van der Waals surface area contributed by atoms with Crippen LogP contribution in [-0.2, 0) is 10.0 Å². The van der Waals surface area contributed by atoms with E-state index >= 15 is 0 Å². The molecule has 0 bridgehead atoms. The van der Waals surface area contributed by atoms with Gasteiger partial charge in [0, 0.05) is 19.7 Å². The molecule has 1 fully saturated rings. The summed E-state index contributed by atoms with van der Waals surface area (Å²) in [6.45, 7) is 1.85. The van der Waals surface area contributed by atoms with Gasteiger partial charge in [0.05, 0.1) is 24.2 Å². The van der Waals surface area contributed by atoms with E-state index in [9.17, 15) is 13.2 Å². The Balaban J connectivity index is 1.69. The lowest BCUT2D eigenvalue weighted by Gasteiger charge is -2.18. The van der Waals surface area contributed by atoms with Gasteiger partial charge in [-0.15, -0.1) is 0 Å². The third-order valence-corrected chi connectivity index (χ3v) is 7.36. The summed E-state index contributed by atoms with van der Waals surface area (Å²) in [6.07, 6.45) is 4.63. The number of amides is 1. The van der Waals surface area contributed by atoms with Crippen LogP contribution in [0.3, 0.4) is 0 Å². The Morgan fingerprint density at radius 3 is 2.29 bits per heavy atom. The van der Waals surface area contributed by atoms with Crippen LogP contribution in [0, 0.1) is 0 Å². The first kappa shape index (κ1) is 23.1. The summed E-state index contributed by atoms with van der Waals surface area (Å²) in [4.78, 5) is 13.0. The predicted molar refractivity (Wildman–Crippen MR) is 119 cm³/mol. The molecule has 0 spiro atoms. The second kappa shape index (κ2) is 9.70. The Morgan fingerprint density at radius 2 is 1.71 bits per heavy atom. The van der Waals surface area contributed by atoms with E-state index in [4.69, 9.17) is 9.47 Å². The summed E-state index contributed by atoms with van der Waals surface area (Å²) in [5.74, 6) is 0.936. The third-order valence-electron chi connectivity index (χ3n) is 5.53. The fourth-order valence-corrected chi connectivity index (χ4v) is 4.50. The number of hydrogen-bond donors (Lipinski definition) is 1. The second-order valence-corrected chi connectivity index (χ2v) is 10.1. The van der Waals surface area contributed by atoms with Gasteiger partial charge in [0.15, 0.2) is 11.5 Å². The van der Waals surface area contributed by atoms with Gasteiger partial charge in [-0.1, -0.05) is 12.1 Å². The molecule has 1 saturated carbocycles. The van der Waals surface area contributed by atoms with Crippen molar-refractivity contribution in [3.8, 4) is 11.5 Å². The predicted octanol–water partition coefficient (Wildman–Crippen LogP) is 3.76. The van der Waals surface area contributed by atoms with Gasteiger partial charge in [-0.3, -0.25) is 4.79 Å². The van der Waals surface area contributed by atoms with Crippen LogP contribution in [0.2, 0.25) is 0 Å². The van der Waals surface area contributed by atoms with Crippen molar-refractivity contribution in [2.24, 2.45) is 0 Å². The van der Waals surface area contributed by atoms with Crippen molar-refractivity contribution in [1.82, 2.24) is 9.62 Å². The first-order valence-electron chi connectivity index (χ1n) is 10.4. The number of benzene rings is 2. The van der Waals surface area contributed by atoms with Gasteiger partial charge in [-0.2, -0.15) is 0 Å². The summed E-state index contributed by atoms with van der Waals surface area (Å²) < 4.78 is 37.0. The van der Waals surface area contributed by atoms with Crippen molar-refractivity contribution in [3.63, 3.8) is 0 Å². The fraction of sp³-hybridized carbons (Fsp3) is 0.435. The van der Waals surface area contributed by atoms with Crippen molar-refractivity contribution >= 4 is 15.9 Å². The summed E-state index contributed by atoms with van der Waals surface area (Å²) in [5, 5.41) is 2.94. The number of nitrogens with one attached hydrogen (secondary N) is 1. The molecule has 7 nitrogen and oxygen atoms in total. The van der Waals surface area contributed by atoms with Gasteiger partial charge in [0.1, 0.15) is 0 Å². The standard InChI is InChI=1S/C23H30N2O5S/c1-16(17-9-12-20(13-10-17)31(27,28)25(2)3)24-23(26)18-11-14-21(22(15-18)29-4)30-19-7-5-6-8-19/h9-16,19H,5-8H2,1-4H3,(H,24,26). The molecule has 1 amide bonds. The molecule has 0 radical (unpaired) electrons. The smallest absolute Gasteiger partial charge is 0.251 e. The normalized spacial score (nSPS) is 15.6. The maximum Gasteiger partial charge on any atom is 0.251 e. The number of hydrogen-bond acceptors (Lipinski definition) is 5. The largest absolute Gasteiger partial charge is 0.493 e. The molecule has 1 aliphatic carbocycles. The Labute approximate surface area is 184 Å². The molecular formula is C23H30N2O5S. The molecule has 0 aliphatic heterocycles. The minimum Gasteiger partial charge on any atom is -0.493 e. The van der Waals surface area contributed by atoms with Crippen LogP contribution in [-0.4, -0.2) is 45.9 Å². The highest BCUT2D eigenvalue weighted by atomic mass is 32.2. The molecule has 8 heteroatoms. The Hall–Kier alpha value is -2.58. The molecule has 1 unspecified atom stereocenters. The van der Waals surface area contributed by atoms with Crippen molar-refractivity contribution in [1.29, 1.82) is 0 Å². The number of rotatable bonds is 8. The molecule has 1 N–H and O–H groups in total. The lowest BCUT2D eigenvalue weighted by Crippen LogP contribution is -2.27. The number of carbonyl (C=O) groups is 1. The summed E-state index contributed by atoms with van der Waals surface area (Å²) in [6, 6.07) is 11.4. The van der Waals surface area contributed by atoms with Gasteiger partial charge in [-0.05, 0) is 68.5 Å². The highest BCUT2D eigenvalue weighted by Gasteiger charge is 2.21. The molecule has 31 heavy (non-hydrogen) atoms. The Bertz CT molecular complexity index is 1010. The van der Waals surface area contributed by atoms with E-state index in [-0.39, 0.29) is 22.9 Å². The average molecular weight is 447 g/mol.